The molecular formula is C10H8BrN3O. The van der Waals surface area contributed by atoms with Crippen molar-refractivity contribution < 1.29 is 4.74 Å². The van der Waals surface area contributed by atoms with Crippen molar-refractivity contribution in [3.8, 4) is 11.8 Å². The Labute approximate surface area is 95.2 Å². The molecule has 0 aliphatic heterocycles. The predicted octanol–water partition coefficient (Wildman–Crippen LogP) is 2.37. The number of hydrogen-bond acceptors (Lipinski definition) is 3. The van der Waals surface area contributed by atoms with E-state index in [1.807, 2.05) is 13.0 Å². The van der Waals surface area contributed by atoms with E-state index in [-0.39, 0.29) is 0 Å². The molecule has 0 aromatic carbocycles. The zero-order chi connectivity index (χ0) is 10.8. The highest BCUT2D eigenvalue weighted by Crippen LogP contribution is 2.26. The number of fused-ring (bicyclic) bond motifs is 1. The minimum atomic E-state index is 0.519. The lowest BCUT2D eigenvalue weighted by atomic mass is 10.2. The maximum Gasteiger partial charge on any atom is 0.147 e. The first-order chi connectivity index (χ1) is 7.26. The van der Waals surface area contributed by atoms with Crippen molar-refractivity contribution in [1.82, 2.24) is 9.61 Å². The van der Waals surface area contributed by atoms with Gasteiger partial charge in [0.1, 0.15) is 22.9 Å². The van der Waals surface area contributed by atoms with Crippen molar-refractivity contribution in [2.24, 2.45) is 0 Å². The van der Waals surface area contributed by atoms with Gasteiger partial charge in [-0.05, 0) is 28.9 Å². The second kappa shape index (κ2) is 3.91. The molecule has 0 spiro atoms. The third-order valence-corrected chi connectivity index (χ3v) is 2.40. The molecule has 0 N–H and O–H groups in total. The number of halogens is 1. The Kier molecular flexibility index (Phi) is 2.60. The van der Waals surface area contributed by atoms with Crippen LogP contribution in [0.15, 0.2) is 22.9 Å². The molecule has 0 saturated carbocycles. The molecule has 2 heterocycles. The molecule has 0 fully saturated rings. The third-order valence-electron chi connectivity index (χ3n) is 1.96. The molecule has 0 aliphatic rings. The molecule has 4 nitrogen and oxygen atoms in total. The summed E-state index contributed by atoms with van der Waals surface area (Å²) in [4.78, 5) is 0. The van der Waals surface area contributed by atoms with Gasteiger partial charge in [0.05, 0.1) is 12.8 Å². The molecule has 0 atom stereocenters. The SMILES string of the molecule is CCOc1cc(Br)cn2ncc(C#N)c12. The largest absolute Gasteiger partial charge is 0.492 e. The smallest absolute Gasteiger partial charge is 0.147 e. The van der Waals surface area contributed by atoms with E-state index in [0.29, 0.717) is 23.4 Å². The fourth-order valence-electron chi connectivity index (χ4n) is 1.40. The van der Waals surface area contributed by atoms with Crippen LogP contribution in [0.5, 0.6) is 5.75 Å². The molecule has 15 heavy (non-hydrogen) atoms. The number of ether oxygens (including phenoxy) is 1. The topological polar surface area (TPSA) is 50.3 Å². The van der Waals surface area contributed by atoms with Gasteiger partial charge in [0, 0.05) is 10.7 Å². The Hall–Kier alpha value is -1.54. The summed E-state index contributed by atoms with van der Waals surface area (Å²) in [5.41, 5.74) is 1.23. The van der Waals surface area contributed by atoms with Crippen molar-refractivity contribution in [1.29, 1.82) is 5.26 Å². The van der Waals surface area contributed by atoms with Crippen LogP contribution < -0.4 is 4.74 Å². The van der Waals surface area contributed by atoms with E-state index in [9.17, 15) is 0 Å². The predicted molar refractivity (Wildman–Crippen MR) is 58.8 cm³/mol. The van der Waals surface area contributed by atoms with Gasteiger partial charge in [0.15, 0.2) is 0 Å². The zero-order valence-electron chi connectivity index (χ0n) is 8.07. The van der Waals surface area contributed by atoms with Gasteiger partial charge in [-0.1, -0.05) is 0 Å². The molecule has 2 aromatic heterocycles. The second-order valence-electron chi connectivity index (χ2n) is 2.92. The number of rotatable bonds is 2. The molecule has 0 saturated heterocycles. The number of nitriles is 1. The Bertz CT molecular complexity index is 541. The first-order valence-electron chi connectivity index (χ1n) is 4.46. The van der Waals surface area contributed by atoms with E-state index in [0.717, 1.165) is 4.47 Å². The van der Waals surface area contributed by atoms with Gasteiger partial charge in [-0.25, -0.2) is 4.52 Å². The fourth-order valence-corrected chi connectivity index (χ4v) is 1.80. The normalized spacial score (nSPS) is 10.2. The Morgan fingerprint density at radius 3 is 3.13 bits per heavy atom. The number of nitrogens with zero attached hydrogens (tertiary/aromatic N) is 3. The molecule has 5 heteroatoms. The Morgan fingerprint density at radius 2 is 2.47 bits per heavy atom. The quantitative estimate of drug-likeness (QED) is 0.838. The van der Waals surface area contributed by atoms with Gasteiger partial charge in [0.25, 0.3) is 0 Å². The van der Waals surface area contributed by atoms with Crippen LogP contribution in [0.1, 0.15) is 12.5 Å². The summed E-state index contributed by atoms with van der Waals surface area (Å²) in [5.74, 6) is 0.668. The maximum atomic E-state index is 8.92. The third kappa shape index (κ3) is 1.68. The zero-order valence-corrected chi connectivity index (χ0v) is 9.65. The monoisotopic (exact) mass is 265 g/mol. The summed E-state index contributed by atoms with van der Waals surface area (Å²) in [6, 6.07) is 3.92. The second-order valence-corrected chi connectivity index (χ2v) is 3.83. The van der Waals surface area contributed by atoms with Crippen molar-refractivity contribution in [2.75, 3.05) is 6.61 Å². The first-order valence-corrected chi connectivity index (χ1v) is 5.25. The molecule has 76 valence electrons. The molecule has 0 amide bonds. The standard InChI is InChI=1S/C10H8BrN3O/c1-2-15-9-3-8(11)6-14-10(9)7(4-12)5-13-14/h3,5-6H,2H2,1H3. The van der Waals surface area contributed by atoms with Crippen molar-refractivity contribution in [3.63, 3.8) is 0 Å². The Morgan fingerprint density at radius 1 is 1.67 bits per heavy atom. The van der Waals surface area contributed by atoms with Crippen molar-refractivity contribution in [3.05, 3.63) is 28.5 Å². The van der Waals surface area contributed by atoms with E-state index in [1.54, 1.807) is 10.7 Å². The molecular weight excluding hydrogens is 258 g/mol. The van der Waals surface area contributed by atoms with Crippen LogP contribution >= 0.6 is 15.9 Å². The molecule has 2 rings (SSSR count). The first kappa shape index (κ1) is 9.99. The van der Waals surface area contributed by atoms with Gasteiger partial charge in [0.2, 0.25) is 0 Å². The minimum absolute atomic E-state index is 0.519. The lowest BCUT2D eigenvalue weighted by Crippen LogP contribution is -1.96. The highest BCUT2D eigenvalue weighted by molar-refractivity contribution is 9.10. The molecule has 0 bridgehead atoms. The van der Waals surface area contributed by atoms with Gasteiger partial charge >= 0.3 is 0 Å². The summed E-state index contributed by atoms with van der Waals surface area (Å²) < 4.78 is 7.96. The van der Waals surface area contributed by atoms with Crippen molar-refractivity contribution in [2.45, 2.75) is 6.92 Å². The van der Waals surface area contributed by atoms with Gasteiger partial charge < -0.3 is 4.74 Å². The summed E-state index contributed by atoms with van der Waals surface area (Å²) >= 11 is 3.36. The molecule has 0 radical (unpaired) electrons. The van der Waals surface area contributed by atoms with Gasteiger partial charge in [-0.2, -0.15) is 10.4 Å². The highest BCUT2D eigenvalue weighted by Gasteiger charge is 2.10. The van der Waals surface area contributed by atoms with Crippen LogP contribution in [0.3, 0.4) is 0 Å². The van der Waals surface area contributed by atoms with Crippen molar-refractivity contribution >= 4 is 21.4 Å². The van der Waals surface area contributed by atoms with E-state index in [2.05, 4.69) is 27.1 Å². The van der Waals surface area contributed by atoms with Crippen LogP contribution in [0.25, 0.3) is 5.52 Å². The lowest BCUT2D eigenvalue weighted by Gasteiger charge is -2.06. The maximum absolute atomic E-state index is 8.92. The van der Waals surface area contributed by atoms with E-state index in [4.69, 9.17) is 10.00 Å². The fraction of sp³-hybridized carbons (Fsp3) is 0.200. The van der Waals surface area contributed by atoms with Gasteiger partial charge in [-0.15, -0.1) is 0 Å². The summed E-state index contributed by atoms with van der Waals surface area (Å²) in [5, 5.41) is 13.0. The number of pyridine rings is 1. The highest BCUT2D eigenvalue weighted by atomic mass is 79.9. The summed E-state index contributed by atoms with van der Waals surface area (Å²) in [6.07, 6.45) is 3.32. The number of hydrogen-bond donors (Lipinski definition) is 0. The van der Waals surface area contributed by atoms with Crippen LogP contribution in [0.2, 0.25) is 0 Å². The van der Waals surface area contributed by atoms with E-state index < -0.39 is 0 Å². The Balaban J connectivity index is 2.74. The van der Waals surface area contributed by atoms with Crippen LogP contribution in [-0.4, -0.2) is 16.2 Å². The summed E-state index contributed by atoms with van der Waals surface area (Å²) in [7, 11) is 0. The number of aromatic nitrogens is 2. The molecule has 0 aliphatic carbocycles. The molecule has 0 unspecified atom stereocenters. The minimum Gasteiger partial charge on any atom is -0.492 e. The van der Waals surface area contributed by atoms with Crippen LogP contribution in [0, 0.1) is 11.3 Å². The molecule has 2 aromatic rings. The lowest BCUT2D eigenvalue weighted by molar-refractivity contribution is 0.342. The average molecular weight is 266 g/mol. The van der Waals surface area contributed by atoms with Gasteiger partial charge in [-0.3, -0.25) is 0 Å². The van der Waals surface area contributed by atoms with E-state index in [1.165, 1.54) is 6.20 Å². The van der Waals surface area contributed by atoms with E-state index >= 15 is 0 Å². The van der Waals surface area contributed by atoms with Crippen LogP contribution in [-0.2, 0) is 0 Å². The summed E-state index contributed by atoms with van der Waals surface area (Å²) in [6.45, 7) is 2.46. The van der Waals surface area contributed by atoms with Crippen LogP contribution in [0.4, 0.5) is 0 Å². The average Bonchev–Trinajstić information content (AvgIpc) is 2.61.